The Hall–Kier alpha value is -1.85. The first-order chi connectivity index (χ1) is 9.74. The van der Waals surface area contributed by atoms with Gasteiger partial charge in [0.25, 0.3) is 0 Å². The van der Waals surface area contributed by atoms with Crippen molar-refractivity contribution in [1.82, 2.24) is 24.5 Å². The zero-order valence-electron chi connectivity index (χ0n) is 12.0. The van der Waals surface area contributed by atoms with Crippen molar-refractivity contribution in [3.8, 4) is 0 Å². The molecule has 0 aliphatic carbocycles. The van der Waals surface area contributed by atoms with Crippen LogP contribution in [0.25, 0.3) is 0 Å². The van der Waals surface area contributed by atoms with Gasteiger partial charge in [-0.05, 0) is 26.2 Å². The van der Waals surface area contributed by atoms with E-state index in [1.807, 2.05) is 17.8 Å². The quantitative estimate of drug-likeness (QED) is 0.921. The molecule has 0 aromatic carbocycles. The van der Waals surface area contributed by atoms with E-state index >= 15 is 0 Å². The molecule has 0 saturated carbocycles. The fourth-order valence-electron chi connectivity index (χ4n) is 2.78. The van der Waals surface area contributed by atoms with Gasteiger partial charge in [-0.15, -0.1) is 10.2 Å². The van der Waals surface area contributed by atoms with Crippen LogP contribution in [0, 0.1) is 6.92 Å². The van der Waals surface area contributed by atoms with Gasteiger partial charge in [-0.3, -0.25) is 4.68 Å². The lowest BCUT2D eigenvalue weighted by Crippen LogP contribution is -2.08. The van der Waals surface area contributed by atoms with Gasteiger partial charge in [0, 0.05) is 37.7 Å². The molecular formula is C14H22N6. The molecule has 0 saturated heterocycles. The third kappa shape index (κ3) is 2.69. The van der Waals surface area contributed by atoms with Crippen LogP contribution in [0.3, 0.4) is 0 Å². The number of rotatable bonds is 4. The summed E-state index contributed by atoms with van der Waals surface area (Å²) in [5, 5.41) is 13.0. The topological polar surface area (TPSA) is 74.5 Å². The van der Waals surface area contributed by atoms with Gasteiger partial charge in [-0.2, -0.15) is 5.10 Å². The Kier molecular flexibility index (Phi) is 3.71. The minimum Gasteiger partial charge on any atom is -0.382 e. The Bertz CT molecular complexity index is 563. The van der Waals surface area contributed by atoms with E-state index in [0.29, 0.717) is 5.82 Å². The monoisotopic (exact) mass is 274 g/mol. The van der Waals surface area contributed by atoms with Crippen molar-refractivity contribution < 1.29 is 0 Å². The summed E-state index contributed by atoms with van der Waals surface area (Å²) in [5.41, 5.74) is 6.80. The van der Waals surface area contributed by atoms with Crippen LogP contribution in [0.2, 0.25) is 0 Å². The van der Waals surface area contributed by atoms with Crippen molar-refractivity contribution in [3.63, 3.8) is 0 Å². The molecule has 2 N–H and O–H groups in total. The SMILES string of the molecule is Cc1cn(CCCc2nnc3n2CCCCC3)nc1N. The fraction of sp³-hybridized carbons (Fsp3) is 0.643. The molecule has 0 fully saturated rings. The van der Waals surface area contributed by atoms with Gasteiger partial charge in [-0.25, -0.2) is 0 Å². The number of nitrogens with zero attached hydrogens (tertiary/aromatic N) is 5. The van der Waals surface area contributed by atoms with Gasteiger partial charge in [-0.1, -0.05) is 6.42 Å². The van der Waals surface area contributed by atoms with E-state index < -0.39 is 0 Å². The Morgan fingerprint density at radius 2 is 2.15 bits per heavy atom. The van der Waals surface area contributed by atoms with Gasteiger partial charge in [0.2, 0.25) is 0 Å². The Morgan fingerprint density at radius 1 is 1.25 bits per heavy atom. The molecule has 2 aromatic rings. The number of hydrogen-bond acceptors (Lipinski definition) is 4. The molecule has 0 amide bonds. The van der Waals surface area contributed by atoms with Crippen LogP contribution >= 0.6 is 0 Å². The van der Waals surface area contributed by atoms with Crippen molar-refractivity contribution in [2.45, 2.75) is 58.5 Å². The van der Waals surface area contributed by atoms with Crippen molar-refractivity contribution in [2.75, 3.05) is 5.73 Å². The summed E-state index contributed by atoms with van der Waals surface area (Å²) < 4.78 is 4.24. The molecule has 1 aliphatic rings. The van der Waals surface area contributed by atoms with E-state index in [4.69, 9.17) is 5.73 Å². The summed E-state index contributed by atoms with van der Waals surface area (Å²) in [6, 6.07) is 0. The third-order valence-corrected chi connectivity index (χ3v) is 3.96. The minimum absolute atomic E-state index is 0.626. The second kappa shape index (κ2) is 5.64. The van der Waals surface area contributed by atoms with E-state index in [-0.39, 0.29) is 0 Å². The molecule has 20 heavy (non-hydrogen) atoms. The normalized spacial score (nSPS) is 15.1. The van der Waals surface area contributed by atoms with E-state index in [2.05, 4.69) is 19.9 Å². The van der Waals surface area contributed by atoms with Gasteiger partial charge >= 0.3 is 0 Å². The minimum atomic E-state index is 0.626. The number of aryl methyl sites for hydroxylation is 4. The van der Waals surface area contributed by atoms with E-state index in [9.17, 15) is 0 Å². The molecule has 1 aliphatic heterocycles. The molecule has 3 heterocycles. The van der Waals surface area contributed by atoms with Crippen molar-refractivity contribution in [2.24, 2.45) is 0 Å². The highest BCUT2D eigenvalue weighted by Crippen LogP contribution is 2.15. The van der Waals surface area contributed by atoms with Crippen LogP contribution in [0.4, 0.5) is 5.82 Å². The van der Waals surface area contributed by atoms with Gasteiger partial charge < -0.3 is 10.3 Å². The van der Waals surface area contributed by atoms with E-state index in [1.54, 1.807) is 0 Å². The maximum atomic E-state index is 5.76. The Labute approximate surface area is 119 Å². The summed E-state index contributed by atoms with van der Waals surface area (Å²) >= 11 is 0. The summed E-state index contributed by atoms with van der Waals surface area (Å²) in [7, 11) is 0. The first-order valence-electron chi connectivity index (χ1n) is 7.44. The Morgan fingerprint density at radius 3 is 2.95 bits per heavy atom. The molecule has 6 nitrogen and oxygen atoms in total. The number of nitrogen functional groups attached to an aromatic ring is 1. The molecule has 6 heteroatoms. The van der Waals surface area contributed by atoms with Crippen molar-refractivity contribution >= 4 is 5.82 Å². The number of anilines is 1. The first-order valence-corrected chi connectivity index (χ1v) is 7.44. The van der Waals surface area contributed by atoms with E-state index in [0.717, 1.165) is 49.6 Å². The maximum Gasteiger partial charge on any atom is 0.148 e. The summed E-state index contributed by atoms with van der Waals surface area (Å²) in [6.45, 7) is 3.93. The predicted octanol–water partition coefficient (Wildman–Crippen LogP) is 1.72. The van der Waals surface area contributed by atoms with Crippen LogP contribution < -0.4 is 5.73 Å². The third-order valence-electron chi connectivity index (χ3n) is 3.96. The molecule has 0 spiro atoms. The molecular weight excluding hydrogens is 252 g/mol. The lowest BCUT2D eigenvalue weighted by Gasteiger charge is -2.06. The highest BCUT2D eigenvalue weighted by atomic mass is 15.3. The smallest absolute Gasteiger partial charge is 0.148 e. The van der Waals surface area contributed by atoms with Crippen molar-refractivity contribution in [3.05, 3.63) is 23.4 Å². The molecule has 108 valence electrons. The van der Waals surface area contributed by atoms with Crippen LogP contribution in [0.5, 0.6) is 0 Å². The van der Waals surface area contributed by atoms with Crippen LogP contribution in [0.1, 0.15) is 42.9 Å². The second-order valence-electron chi connectivity index (χ2n) is 5.56. The lowest BCUT2D eigenvalue weighted by molar-refractivity contribution is 0.548. The summed E-state index contributed by atoms with van der Waals surface area (Å²) in [6.07, 6.45) is 8.82. The van der Waals surface area contributed by atoms with Crippen LogP contribution in [-0.2, 0) is 25.9 Å². The largest absolute Gasteiger partial charge is 0.382 e. The average molecular weight is 274 g/mol. The predicted molar refractivity (Wildman–Crippen MR) is 77.3 cm³/mol. The molecule has 0 atom stereocenters. The second-order valence-corrected chi connectivity index (χ2v) is 5.56. The van der Waals surface area contributed by atoms with Crippen molar-refractivity contribution in [1.29, 1.82) is 0 Å². The van der Waals surface area contributed by atoms with Gasteiger partial charge in [0.15, 0.2) is 0 Å². The molecule has 3 rings (SSSR count). The first kappa shape index (κ1) is 13.1. The Balaban J connectivity index is 1.60. The summed E-state index contributed by atoms with van der Waals surface area (Å²) in [4.78, 5) is 0. The average Bonchev–Trinajstić information content (AvgIpc) is 2.85. The lowest BCUT2D eigenvalue weighted by atomic mass is 10.2. The molecule has 0 unspecified atom stereocenters. The van der Waals surface area contributed by atoms with E-state index in [1.165, 1.54) is 19.3 Å². The highest BCUT2D eigenvalue weighted by Gasteiger charge is 2.14. The van der Waals surface area contributed by atoms with Gasteiger partial charge in [0.05, 0.1) is 0 Å². The number of aromatic nitrogens is 5. The zero-order chi connectivity index (χ0) is 13.9. The number of fused-ring (bicyclic) bond motifs is 1. The number of nitrogens with two attached hydrogens (primary N) is 1. The standard InChI is InChI=1S/C14H22N6/c1-11-10-19(18-14(11)15)8-5-7-13-17-16-12-6-3-2-4-9-20(12)13/h10H,2-9H2,1H3,(H2,15,18). The molecule has 0 bridgehead atoms. The maximum absolute atomic E-state index is 5.76. The van der Waals surface area contributed by atoms with Gasteiger partial charge in [0.1, 0.15) is 17.5 Å². The van der Waals surface area contributed by atoms with Crippen LogP contribution in [-0.4, -0.2) is 24.5 Å². The zero-order valence-corrected chi connectivity index (χ0v) is 12.0. The fourth-order valence-corrected chi connectivity index (χ4v) is 2.78. The molecule has 2 aromatic heterocycles. The highest BCUT2D eigenvalue weighted by molar-refractivity contribution is 5.35. The number of hydrogen-bond donors (Lipinski definition) is 1. The van der Waals surface area contributed by atoms with Crippen LogP contribution in [0.15, 0.2) is 6.20 Å². The summed E-state index contributed by atoms with van der Waals surface area (Å²) in [5.74, 6) is 2.91. The molecule has 0 radical (unpaired) electrons.